The van der Waals surface area contributed by atoms with Crippen LogP contribution in [0.3, 0.4) is 0 Å². The Balaban J connectivity index is 2.18. The van der Waals surface area contributed by atoms with E-state index in [4.69, 9.17) is 5.11 Å². The van der Waals surface area contributed by atoms with Gasteiger partial charge in [0, 0.05) is 25.5 Å². The van der Waals surface area contributed by atoms with Gasteiger partial charge in [-0.15, -0.1) is 0 Å². The quantitative estimate of drug-likeness (QED) is 0.697. The molecular formula is C9H11N3O3. The van der Waals surface area contributed by atoms with E-state index < -0.39 is 11.9 Å². The van der Waals surface area contributed by atoms with Gasteiger partial charge in [-0.3, -0.25) is 9.59 Å². The summed E-state index contributed by atoms with van der Waals surface area (Å²) in [6.45, 7) is 0.923. The lowest BCUT2D eigenvalue weighted by Gasteiger charge is -2.14. The van der Waals surface area contributed by atoms with E-state index in [0.29, 0.717) is 25.3 Å². The number of nitrogens with zero attached hydrogens (tertiary/aromatic N) is 2. The first-order valence-electron chi connectivity index (χ1n) is 4.70. The van der Waals surface area contributed by atoms with Crippen LogP contribution in [0.2, 0.25) is 0 Å². The first-order valence-corrected chi connectivity index (χ1v) is 4.70. The summed E-state index contributed by atoms with van der Waals surface area (Å²) >= 11 is 0. The molecule has 2 rings (SSSR count). The van der Waals surface area contributed by atoms with Gasteiger partial charge in [0.25, 0.3) is 5.56 Å². The molecule has 80 valence electrons. The molecule has 1 unspecified atom stereocenters. The van der Waals surface area contributed by atoms with Crippen molar-refractivity contribution >= 4 is 11.8 Å². The Bertz CT molecular complexity index is 429. The Morgan fingerprint density at radius 2 is 2.47 bits per heavy atom. The Morgan fingerprint density at radius 1 is 1.67 bits per heavy atom. The summed E-state index contributed by atoms with van der Waals surface area (Å²) in [7, 11) is 0. The Labute approximate surface area is 85.6 Å². The minimum atomic E-state index is -0.815. The third kappa shape index (κ3) is 1.83. The predicted octanol–water partition coefficient (Wildman–Crippen LogP) is -0.319. The van der Waals surface area contributed by atoms with Gasteiger partial charge in [0.1, 0.15) is 0 Å². The summed E-state index contributed by atoms with van der Waals surface area (Å²) in [6, 6.07) is 0. The number of anilines is 1. The lowest BCUT2D eigenvalue weighted by Crippen LogP contribution is -2.29. The van der Waals surface area contributed by atoms with E-state index in [9.17, 15) is 9.59 Å². The van der Waals surface area contributed by atoms with E-state index >= 15 is 0 Å². The number of carboxylic acid groups (broad SMARTS) is 1. The van der Waals surface area contributed by atoms with Gasteiger partial charge in [-0.1, -0.05) is 0 Å². The molecule has 2 heterocycles. The van der Waals surface area contributed by atoms with Crippen LogP contribution < -0.4 is 10.5 Å². The third-order valence-corrected chi connectivity index (χ3v) is 2.53. The zero-order chi connectivity index (χ0) is 10.8. The number of aliphatic carboxylic acids is 1. The average molecular weight is 209 g/mol. The number of nitrogens with one attached hydrogen (secondary N) is 1. The van der Waals surface area contributed by atoms with Gasteiger partial charge in [0.2, 0.25) is 0 Å². The van der Waals surface area contributed by atoms with E-state index in [1.807, 2.05) is 0 Å². The maximum atomic E-state index is 11.4. The van der Waals surface area contributed by atoms with Crippen LogP contribution in [-0.4, -0.2) is 34.1 Å². The van der Waals surface area contributed by atoms with Crippen molar-refractivity contribution in [3.63, 3.8) is 0 Å². The van der Waals surface area contributed by atoms with Crippen molar-refractivity contribution in [3.8, 4) is 0 Å². The molecule has 0 saturated carbocycles. The van der Waals surface area contributed by atoms with Crippen LogP contribution in [0, 0.1) is 5.92 Å². The molecule has 0 amide bonds. The van der Waals surface area contributed by atoms with Crippen LogP contribution in [0.25, 0.3) is 0 Å². The fraction of sp³-hybridized carbons (Fsp3) is 0.444. The lowest BCUT2D eigenvalue weighted by atomic mass is 10.1. The van der Waals surface area contributed by atoms with E-state index in [2.05, 4.69) is 9.97 Å². The van der Waals surface area contributed by atoms with Gasteiger partial charge in [0.15, 0.2) is 5.82 Å². The van der Waals surface area contributed by atoms with Gasteiger partial charge in [-0.25, -0.2) is 4.98 Å². The molecule has 1 aliphatic rings. The summed E-state index contributed by atoms with van der Waals surface area (Å²) in [5.41, 5.74) is -0.275. The van der Waals surface area contributed by atoms with Crippen molar-refractivity contribution in [2.24, 2.45) is 5.92 Å². The van der Waals surface area contributed by atoms with Gasteiger partial charge in [-0.2, -0.15) is 0 Å². The molecule has 6 nitrogen and oxygen atoms in total. The minimum absolute atomic E-state index is 0.275. The number of hydrogen-bond acceptors (Lipinski definition) is 4. The van der Waals surface area contributed by atoms with E-state index in [-0.39, 0.29) is 5.56 Å². The number of H-pyrrole nitrogens is 1. The van der Waals surface area contributed by atoms with Gasteiger partial charge in [-0.05, 0) is 6.42 Å². The molecule has 1 saturated heterocycles. The molecule has 15 heavy (non-hydrogen) atoms. The van der Waals surface area contributed by atoms with Crippen molar-refractivity contribution in [1.82, 2.24) is 9.97 Å². The van der Waals surface area contributed by atoms with Crippen LogP contribution in [0.15, 0.2) is 17.2 Å². The molecule has 2 N–H and O–H groups in total. The number of aromatic amines is 1. The summed E-state index contributed by atoms with van der Waals surface area (Å²) in [6.07, 6.45) is 3.51. The van der Waals surface area contributed by atoms with E-state index in [1.165, 1.54) is 12.4 Å². The predicted molar refractivity (Wildman–Crippen MR) is 52.8 cm³/mol. The Kier molecular flexibility index (Phi) is 2.40. The van der Waals surface area contributed by atoms with Gasteiger partial charge < -0.3 is 15.0 Å². The minimum Gasteiger partial charge on any atom is -0.481 e. The van der Waals surface area contributed by atoms with E-state index in [0.717, 1.165) is 0 Å². The standard InChI is InChI=1S/C9H11N3O3/c13-8-7(10-2-3-11-8)12-4-1-6(5-12)9(14)15/h2-3,6H,1,4-5H2,(H,11,13)(H,14,15). The molecule has 1 aromatic rings. The Hall–Kier alpha value is -1.85. The molecule has 0 spiro atoms. The maximum Gasteiger partial charge on any atom is 0.308 e. The van der Waals surface area contributed by atoms with Crippen molar-refractivity contribution < 1.29 is 9.90 Å². The second-order valence-corrected chi connectivity index (χ2v) is 3.51. The molecular weight excluding hydrogens is 198 g/mol. The fourth-order valence-corrected chi connectivity index (χ4v) is 1.72. The van der Waals surface area contributed by atoms with Crippen molar-refractivity contribution in [1.29, 1.82) is 0 Å². The van der Waals surface area contributed by atoms with Crippen LogP contribution in [0.5, 0.6) is 0 Å². The monoisotopic (exact) mass is 209 g/mol. The summed E-state index contributed by atoms with van der Waals surface area (Å²) in [4.78, 5) is 30.3. The normalized spacial score (nSPS) is 20.5. The summed E-state index contributed by atoms with van der Waals surface area (Å²) in [5.74, 6) is -0.905. The summed E-state index contributed by atoms with van der Waals surface area (Å²) in [5, 5.41) is 8.81. The molecule has 0 radical (unpaired) electrons. The molecule has 0 bridgehead atoms. The molecule has 1 aromatic heterocycles. The molecule has 1 atom stereocenters. The smallest absolute Gasteiger partial charge is 0.308 e. The largest absolute Gasteiger partial charge is 0.481 e. The highest BCUT2D eigenvalue weighted by molar-refractivity contribution is 5.71. The van der Waals surface area contributed by atoms with Crippen LogP contribution >= 0.6 is 0 Å². The van der Waals surface area contributed by atoms with Gasteiger partial charge >= 0.3 is 5.97 Å². The molecule has 0 aliphatic carbocycles. The highest BCUT2D eigenvalue weighted by Gasteiger charge is 2.29. The number of carboxylic acids is 1. The average Bonchev–Trinajstić information content (AvgIpc) is 2.67. The van der Waals surface area contributed by atoms with Crippen LogP contribution in [0.1, 0.15) is 6.42 Å². The highest BCUT2D eigenvalue weighted by atomic mass is 16.4. The first kappa shape index (κ1) is 9.70. The SMILES string of the molecule is O=C(O)C1CCN(c2ncc[nH]c2=O)C1. The zero-order valence-electron chi connectivity index (χ0n) is 8.01. The summed E-state index contributed by atoms with van der Waals surface area (Å²) < 4.78 is 0. The van der Waals surface area contributed by atoms with Crippen molar-refractivity contribution in [3.05, 3.63) is 22.7 Å². The fourth-order valence-electron chi connectivity index (χ4n) is 1.72. The maximum absolute atomic E-state index is 11.4. The van der Waals surface area contributed by atoms with Crippen LogP contribution in [0.4, 0.5) is 5.82 Å². The van der Waals surface area contributed by atoms with Crippen molar-refractivity contribution in [2.45, 2.75) is 6.42 Å². The third-order valence-electron chi connectivity index (χ3n) is 2.53. The number of hydrogen-bond donors (Lipinski definition) is 2. The highest BCUT2D eigenvalue weighted by Crippen LogP contribution is 2.19. The molecule has 6 heteroatoms. The van der Waals surface area contributed by atoms with Crippen LogP contribution in [-0.2, 0) is 4.79 Å². The second kappa shape index (κ2) is 3.72. The van der Waals surface area contributed by atoms with Crippen molar-refractivity contribution in [2.75, 3.05) is 18.0 Å². The number of carbonyl (C=O) groups is 1. The first-order chi connectivity index (χ1) is 7.18. The van der Waals surface area contributed by atoms with Gasteiger partial charge in [0.05, 0.1) is 5.92 Å². The van der Waals surface area contributed by atoms with E-state index in [1.54, 1.807) is 4.90 Å². The molecule has 1 fully saturated rings. The number of rotatable bonds is 2. The molecule has 1 aliphatic heterocycles. The second-order valence-electron chi connectivity index (χ2n) is 3.51. The Morgan fingerprint density at radius 3 is 3.07 bits per heavy atom. The molecule has 0 aromatic carbocycles. The number of aromatic nitrogens is 2. The topological polar surface area (TPSA) is 86.3 Å². The lowest BCUT2D eigenvalue weighted by molar-refractivity contribution is -0.140. The zero-order valence-corrected chi connectivity index (χ0v) is 8.01.